The van der Waals surface area contributed by atoms with Crippen LogP contribution in [0.3, 0.4) is 0 Å². The van der Waals surface area contributed by atoms with Crippen LogP contribution in [0.4, 0.5) is 4.39 Å². The average Bonchev–Trinajstić information content (AvgIpc) is 2.80. The van der Waals surface area contributed by atoms with Crippen LogP contribution in [0.5, 0.6) is 0 Å². The number of halogens is 1. The van der Waals surface area contributed by atoms with Gasteiger partial charge in [0.1, 0.15) is 12.1 Å². The van der Waals surface area contributed by atoms with Crippen LogP contribution in [-0.2, 0) is 11.3 Å². The molecule has 0 saturated heterocycles. The SMILES string of the molecule is COC(=O)c1ncn(Cc2ccc(F)cc2C)n1. The number of hydrogen-bond donors (Lipinski definition) is 0. The van der Waals surface area contributed by atoms with Crippen LogP contribution in [0.1, 0.15) is 21.7 Å². The summed E-state index contributed by atoms with van der Waals surface area (Å²) in [7, 11) is 1.27. The Bertz CT molecular complexity index is 580. The molecule has 0 aliphatic heterocycles. The summed E-state index contributed by atoms with van der Waals surface area (Å²) in [6, 6.07) is 4.53. The van der Waals surface area contributed by atoms with Gasteiger partial charge in [-0.05, 0) is 30.2 Å². The zero-order valence-electron chi connectivity index (χ0n) is 10.1. The number of carbonyl (C=O) groups excluding carboxylic acids is 1. The highest BCUT2D eigenvalue weighted by Gasteiger charge is 2.11. The van der Waals surface area contributed by atoms with Crippen molar-refractivity contribution in [1.82, 2.24) is 14.8 Å². The lowest BCUT2D eigenvalue weighted by molar-refractivity contribution is 0.0586. The molecule has 0 atom stereocenters. The number of aromatic nitrogens is 3. The summed E-state index contributed by atoms with van der Waals surface area (Å²) < 4.78 is 19.0. The standard InChI is InChI=1S/C12H12FN3O2/c1-8-5-10(13)4-3-9(8)6-16-7-14-11(15-16)12(17)18-2/h3-5,7H,6H2,1-2H3. The number of esters is 1. The van der Waals surface area contributed by atoms with Crippen LogP contribution in [-0.4, -0.2) is 27.8 Å². The number of aryl methyl sites for hydroxylation is 1. The molecule has 0 fully saturated rings. The van der Waals surface area contributed by atoms with E-state index in [4.69, 9.17) is 0 Å². The molecular weight excluding hydrogens is 237 g/mol. The third-order valence-corrected chi connectivity index (χ3v) is 2.54. The minimum Gasteiger partial charge on any atom is -0.463 e. The number of methoxy groups -OCH3 is 1. The van der Waals surface area contributed by atoms with Gasteiger partial charge < -0.3 is 4.74 Å². The number of ether oxygens (including phenoxy) is 1. The Morgan fingerprint density at radius 2 is 2.28 bits per heavy atom. The van der Waals surface area contributed by atoms with Crippen LogP contribution >= 0.6 is 0 Å². The third-order valence-electron chi connectivity index (χ3n) is 2.54. The van der Waals surface area contributed by atoms with E-state index in [-0.39, 0.29) is 11.6 Å². The summed E-state index contributed by atoms with van der Waals surface area (Å²) in [5, 5.41) is 3.98. The molecule has 0 radical (unpaired) electrons. The van der Waals surface area contributed by atoms with E-state index in [2.05, 4.69) is 14.8 Å². The number of benzene rings is 1. The zero-order chi connectivity index (χ0) is 13.1. The lowest BCUT2D eigenvalue weighted by atomic mass is 10.1. The molecule has 0 amide bonds. The first-order valence-electron chi connectivity index (χ1n) is 5.33. The first-order valence-corrected chi connectivity index (χ1v) is 5.33. The van der Waals surface area contributed by atoms with Crippen molar-refractivity contribution in [3.05, 3.63) is 47.3 Å². The monoisotopic (exact) mass is 249 g/mol. The Morgan fingerprint density at radius 3 is 2.94 bits per heavy atom. The first kappa shape index (κ1) is 12.2. The van der Waals surface area contributed by atoms with Crippen molar-refractivity contribution in [3.8, 4) is 0 Å². The molecular formula is C12H12FN3O2. The van der Waals surface area contributed by atoms with Crippen LogP contribution in [0.25, 0.3) is 0 Å². The van der Waals surface area contributed by atoms with E-state index in [0.29, 0.717) is 6.54 Å². The summed E-state index contributed by atoms with van der Waals surface area (Å²) in [5.41, 5.74) is 1.74. The number of nitrogens with zero attached hydrogens (tertiary/aromatic N) is 3. The highest BCUT2D eigenvalue weighted by Crippen LogP contribution is 2.11. The summed E-state index contributed by atoms with van der Waals surface area (Å²) in [6.45, 7) is 2.24. The van der Waals surface area contributed by atoms with Crippen molar-refractivity contribution in [2.45, 2.75) is 13.5 Å². The van der Waals surface area contributed by atoms with Crippen molar-refractivity contribution in [2.75, 3.05) is 7.11 Å². The Morgan fingerprint density at radius 1 is 1.50 bits per heavy atom. The highest BCUT2D eigenvalue weighted by molar-refractivity contribution is 5.84. The second kappa shape index (κ2) is 4.95. The van der Waals surface area contributed by atoms with Gasteiger partial charge in [-0.25, -0.2) is 18.9 Å². The molecule has 0 N–H and O–H groups in total. The van der Waals surface area contributed by atoms with Crippen LogP contribution in [0.15, 0.2) is 24.5 Å². The molecule has 1 aromatic heterocycles. The molecule has 1 aromatic carbocycles. The van der Waals surface area contributed by atoms with Crippen molar-refractivity contribution in [1.29, 1.82) is 0 Å². The molecule has 0 spiro atoms. The van der Waals surface area contributed by atoms with Gasteiger partial charge in [-0.3, -0.25) is 0 Å². The van der Waals surface area contributed by atoms with Gasteiger partial charge in [-0.15, -0.1) is 5.10 Å². The molecule has 0 bridgehead atoms. The van der Waals surface area contributed by atoms with E-state index in [9.17, 15) is 9.18 Å². The fourth-order valence-corrected chi connectivity index (χ4v) is 1.57. The normalized spacial score (nSPS) is 10.4. The fourth-order valence-electron chi connectivity index (χ4n) is 1.57. The lowest BCUT2D eigenvalue weighted by Gasteiger charge is -2.05. The Kier molecular flexibility index (Phi) is 3.36. The highest BCUT2D eigenvalue weighted by atomic mass is 19.1. The lowest BCUT2D eigenvalue weighted by Crippen LogP contribution is -2.07. The maximum absolute atomic E-state index is 12.9. The smallest absolute Gasteiger partial charge is 0.377 e. The molecule has 18 heavy (non-hydrogen) atoms. The predicted octanol–water partition coefficient (Wildman–Crippen LogP) is 1.56. The van der Waals surface area contributed by atoms with Crippen LogP contribution in [0.2, 0.25) is 0 Å². The van der Waals surface area contributed by atoms with Crippen molar-refractivity contribution < 1.29 is 13.9 Å². The Balaban J connectivity index is 2.18. The first-order chi connectivity index (χ1) is 8.60. The number of carbonyl (C=O) groups is 1. The maximum atomic E-state index is 12.9. The van der Waals surface area contributed by atoms with Gasteiger partial charge in [0.2, 0.25) is 0 Å². The molecule has 5 nitrogen and oxygen atoms in total. The van der Waals surface area contributed by atoms with Crippen molar-refractivity contribution in [3.63, 3.8) is 0 Å². The summed E-state index contributed by atoms with van der Waals surface area (Å²) >= 11 is 0. The summed E-state index contributed by atoms with van der Waals surface area (Å²) in [5.74, 6) is -0.841. The third kappa shape index (κ3) is 2.53. The molecule has 0 aliphatic carbocycles. The minimum absolute atomic E-state index is 0.0114. The van der Waals surface area contributed by atoms with Gasteiger partial charge in [0.25, 0.3) is 5.82 Å². The number of rotatable bonds is 3. The fraction of sp³-hybridized carbons (Fsp3) is 0.250. The van der Waals surface area contributed by atoms with E-state index < -0.39 is 5.97 Å². The molecule has 6 heteroatoms. The second-order valence-electron chi connectivity index (χ2n) is 3.83. The van der Waals surface area contributed by atoms with Crippen molar-refractivity contribution >= 4 is 5.97 Å². The molecule has 2 aromatic rings. The molecule has 94 valence electrons. The molecule has 1 heterocycles. The average molecular weight is 249 g/mol. The van der Waals surface area contributed by atoms with Gasteiger partial charge in [0, 0.05) is 0 Å². The second-order valence-corrected chi connectivity index (χ2v) is 3.83. The largest absolute Gasteiger partial charge is 0.463 e. The molecule has 0 aliphatic rings. The number of hydrogen-bond acceptors (Lipinski definition) is 4. The van der Waals surface area contributed by atoms with Gasteiger partial charge in [0.15, 0.2) is 0 Å². The predicted molar refractivity (Wildman–Crippen MR) is 61.6 cm³/mol. The van der Waals surface area contributed by atoms with Gasteiger partial charge in [-0.1, -0.05) is 6.07 Å². The molecule has 0 unspecified atom stereocenters. The van der Waals surface area contributed by atoms with Crippen molar-refractivity contribution in [2.24, 2.45) is 0 Å². The van der Waals surface area contributed by atoms with E-state index in [1.54, 1.807) is 6.07 Å². The van der Waals surface area contributed by atoms with E-state index in [0.717, 1.165) is 11.1 Å². The van der Waals surface area contributed by atoms with E-state index in [1.807, 2.05) is 6.92 Å². The maximum Gasteiger partial charge on any atom is 0.377 e. The Hall–Kier alpha value is -2.24. The topological polar surface area (TPSA) is 57.0 Å². The Labute approximate surface area is 103 Å². The van der Waals surface area contributed by atoms with E-state index >= 15 is 0 Å². The van der Waals surface area contributed by atoms with E-state index in [1.165, 1.54) is 30.3 Å². The van der Waals surface area contributed by atoms with Gasteiger partial charge in [-0.2, -0.15) is 0 Å². The molecule has 2 rings (SSSR count). The van der Waals surface area contributed by atoms with Gasteiger partial charge >= 0.3 is 5.97 Å². The summed E-state index contributed by atoms with van der Waals surface area (Å²) in [4.78, 5) is 15.0. The minimum atomic E-state index is -0.579. The summed E-state index contributed by atoms with van der Waals surface area (Å²) in [6.07, 6.45) is 1.44. The molecule has 0 saturated carbocycles. The quantitative estimate of drug-likeness (QED) is 0.774. The van der Waals surface area contributed by atoms with Crippen LogP contribution in [0, 0.1) is 12.7 Å². The van der Waals surface area contributed by atoms with Gasteiger partial charge in [0.05, 0.1) is 13.7 Å². The zero-order valence-corrected chi connectivity index (χ0v) is 10.1. The van der Waals surface area contributed by atoms with Crippen LogP contribution < -0.4 is 0 Å².